The fourth-order valence-electron chi connectivity index (χ4n) is 5.17. The number of halogens is 2. The Hall–Kier alpha value is -3.33. The predicted octanol–water partition coefficient (Wildman–Crippen LogP) is 3.71. The Bertz CT molecular complexity index is 1080. The highest BCUT2D eigenvalue weighted by atomic mass is 19.2. The zero-order valence-electron chi connectivity index (χ0n) is 20.6. The lowest BCUT2D eigenvalue weighted by Crippen LogP contribution is -2.48. The van der Waals surface area contributed by atoms with E-state index in [-0.39, 0.29) is 30.4 Å². The van der Waals surface area contributed by atoms with Crippen molar-refractivity contribution in [3.63, 3.8) is 0 Å². The van der Waals surface area contributed by atoms with Gasteiger partial charge in [-0.05, 0) is 55.4 Å². The Labute approximate surface area is 209 Å². The van der Waals surface area contributed by atoms with Gasteiger partial charge in [0.15, 0.2) is 11.6 Å². The lowest BCUT2D eigenvalue weighted by molar-refractivity contribution is -0.149. The van der Waals surface area contributed by atoms with E-state index in [1.807, 2.05) is 44.2 Å². The largest absolute Gasteiger partial charge is 0.352 e. The molecule has 2 atom stereocenters. The number of hydrogen-bond acceptors (Lipinski definition) is 4. The number of hydroxylamine groups is 1. The number of rotatable bonds is 11. The third-order valence-electron chi connectivity index (χ3n) is 6.82. The van der Waals surface area contributed by atoms with Crippen LogP contribution in [0.1, 0.15) is 49.0 Å². The van der Waals surface area contributed by atoms with Crippen LogP contribution in [0.15, 0.2) is 48.5 Å². The molecule has 1 saturated heterocycles. The predicted molar refractivity (Wildman–Crippen MR) is 130 cm³/mol. The van der Waals surface area contributed by atoms with Crippen molar-refractivity contribution in [3.8, 4) is 0 Å². The number of hydrogen-bond donors (Lipinski definition) is 3. The molecule has 0 radical (unpaired) electrons. The van der Waals surface area contributed by atoms with Crippen molar-refractivity contribution in [2.75, 3.05) is 19.6 Å². The van der Waals surface area contributed by atoms with Gasteiger partial charge in [-0.15, -0.1) is 0 Å². The highest BCUT2D eigenvalue weighted by Gasteiger charge is 2.54. The number of nitrogens with one attached hydrogen (secondary N) is 2. The molecule has 3 amide bonds. The zero-order chi connectivity index (χ0) is 26.3. The number of likely N-dealkylation sites (tertiary alicyclic amines) is 1. The van der Waals surface area contributed by atoms with E-state index in [1.54, 1.807) is 10.4 Å². The second-order valence-electron chi connectivity index (χ2n) is 9.73. The van der Waals surface area contributed by atoms with Gasteiger partial charge < -0.3 is 10.2 Å². The molecule has 3 N–H and O–H groups in total. The van der Waals surface area contributed by atoms with Gasteiger partial charge in [-0.3, -0.25) is 19.6 Å². The summed E-state index contributed by atoms with van der Waals surface area (Å²) in [5, 5.41) is 12.1. The van der Waals surface area contributed by atoms with Gasteiger partial charge in [-0.1, -0.05) is 44.2 Å². The molecule has 0 aliphatic carbocycles. The summed E-state index contributed by atoms with van der Waals surface area (Å²) in [6.07, 6.45) is 1.68. The molecule has 2 aromatic carbocycles. The van der Waals surface area contributed by atoms with Crippen molar-refractivity contribution in [1.82, 2.24) is 15.7 Å². The minimum absolute atomic E-state index is 0.00700. The van der Waals surface area contributed by atoms with Gasteiger partial charge in [0.05, 0.1) is 11.3 Å². The van der Waals surface area contributed by atoms with Crippen LogP contribution < -0.4 is 10.8 Å². The molecule has 2 unspecified atom stereocenters. The van der Waals surface area contributed by atoms with Gasteiger partial charge in [0.1, 0.15) is 0 Å². The maximum absolute atomic E-state index is 13.7. The second-order valence-corrected chi connectivity index (χ2v) is 9.73. The van der Waals surface area contributed by atoms with E-state index in [2.05, 4.69) is 5.32 Å². The van der Waals surface area contributed by atoms with Gasteiger partial charge >= 0.3 is 0 Å². The standard InChI is InChI=1S/C27H33F2N3O4/c1-18(2)17-27(12-15-32(26(27)35)14-11-19-6-4-3-5-7-19)21(25(34)31-36)10-13-30-24(33)20-8-9-22(28)23(29)16-20/h3-9,16,18,21,36H,10-15,17H2,1-2H3,(H,30,33)(H,31,34). The molecule has 2 aromatic rings. The summed E-state index contributed by atoms with van der Waals surface area (Å²) in [4.78, 5) is 40.7. The third-order valence-corrected chi connectivity index (χ3v) is 6.82. The average Bonchev–Trinajstić information content (AvgIpc) is 3.17. The van der Waals surface area contributed by atoms with Crippen LogP contribution in [0.2, 0.25) is 0 Å². The van der Waals surface area contributed by atoms with Crippen LogP contribution in [0.5, 0.6) is 0 Å². The molecule has 3 rings (SSSR count). The molecule has 0 aromatic heterocycles. The van der Waals surface area contributed by atoms with Gasteiger partial charge in [0.2, 0.25) is 11.8 Å². The lowest BCUT2D eigenvalue weighted by atomic mass is 9.67. The smallest absolute Gasteiger partial charge is 0.251 e. The fourth-order valence-corrected chi connectivity index (χ4v) is 5.17. The Morgan fingerprint density at radius 2 is 1.83 bits per heavy atom. The van der Waals surface area contributed by atoms with E-state index in [4.69, 9.17) is 0 Å². The first-order valence-corrected chi connectivity index (χ1v) is 12.2. The SMILES string of the molecule is CC(C)CC1(C(CCNC(=O)c2ccc(F)c(F)c2)C(=O)NO)CCN(CCc2ccccc2)C1=O. The van der Waals surface area contributed by atoms with E-state index in [0.29, 0.717) is 32.4 Å². The lowest BCUT2D eigenvalue weighted by Gasteiger charge is -2.36. The van der Waals surface area contributed by atoms with Gasteiger partial charge in [0, 0.05) is 25.2 Å². The molecule has 7 nitrogen and oxygen atoms in total. The molecule has 36 heavy (non-hydrogen) atoms. The molecule has 1 aliphatic heterocycles. The summed E-state index contributed by atoms with van der Waals surface area (Å²) < 4.78 is 26.7. The number of carbonyl (C=O) groups excluding carboxylic acids is 3. The fraction of sp³-hybridized carbons (Fsp3) is 0.444. The van der Waals surface area contributed by atoms with Crippen molar-refractivity contribution in [2.45, 2.75) is 39.5 Å². The van der Waals surface area contributed by atoms with E-state index >= 15 is 0 Å². The monoisotopic (exact) mass is 501 g/mol. The van der Waals surface area contributed by atoms with Crippen LogP contribution in [0.4, 0.5) is 8.78 Å². The Kier molecular flexibility index (Phi) is 9.14. The van der Waals surface area contributed by atoms with E-state index in [9.17, 15) is 28.4 Å². The molecule has 1 aliphatic rings. The van der Waals surface area contributed by atoms with E-state index in [1.165, 1.54) is 0 Å². The van der Waals surface area contributed by atoms with Crippen molar-refractivity contribution < 1.29 is 28.4 Å². The minimum Gasteiger partial charge on any atom is -0.352 e. The summed E-state index contributed by atoms with van der Waals surface area (Å²) in [5.74, 6) is -4.42. The molecule has 0 saturated carbocycles. The first kappa shape index (κ1) is 27.3. The van der Waals surface area contributed by atoms with Crippen LogP contribution in [0, 0.1) is 28.9 Å². The number of benzene rings is 2. The van der Waals surface area contributed by atoms with Crippen molar-refractivity contribution in [1.29, 1.82) is 0 Å². The normalized spacial score (nSPS) is 18.4. The summed E-state index contributed by atoms with van der Waals surface area (Å²) >= 11 is 0. The molecule has 0 spiro atoms. The molecular formula is C27H33F2N3O4. The van der Waals surface area contributed by atoms with Gasteiger partial charge in [-0.2, -0.15) is 0 Å². The Morgan fingerprint density at radius 3 is 2.47 bits per heavy atom. The topological polar surface area (TPSA) is 98.7 Å². The highest BCUT2D eigenvalue weighted by molar-refractivity contribution is 5.94. The third kappa shape index (κ3) is 6.26. The minimum atomic E-state index is -1.14. The van der Waals surface area contributed by atoms with Crippen molar-refractivity contribution in [2.24, 2.45) is 17.3 Å². The average molecular weight is 502 g/mol. The van der Waals surface area contributed by atoms with Crippen LogP contribution >= 0.6 is 0 Å². The molecule has 194 valence electrons. The molecule has 1 heterocycles. The summed E-state index contributed by atoms with van der Waals surface area (Å²) in [7, 11) is 0. The number of amides is 3. The summed E-state index contributed by atoms with van der Waals surface area (Å²) in [6.45, 7) is 4.96. The van der Waals surface area contributed by atoms with E-state index in [0.717, 1.165) is 23.8 Å². The van der Waals surface area contributed by atoms with Crippen molar-refractivity contribution in [3.05, 3.63) is 71.3 Å². The first-order valence-electron chi connectivity index (χ1n) is 12.2. The molecule has 0 bridgehead atoms. The molecule has 9 heteroatoms. The van der Waals surface area contributed by atoms with Crippen LogP contribution in [0.25, 0.3) is 0 Å². The van der Waals surface area contributed by atoms with Gasteiger partial charge in [0.25, 0.3) is 5.91 Å². The Balaban J connectivity index is 1.74. The molecule has 1 fully saturated rings. The summed E-state index contributed by atoms with van der Waals surface area (Å²) in [5.41, 5.74) is 1.73. The maximum Gasteiger partial charge on any atom is 0.251 e. The van der Waals surface area contributed by atoms with Gasteiger partial charge in [-0.25, -0.2) is 14.3 Å². The van der Waals surface area contributed by atoms with Crippen molar-refractivity contribution >= 4 is 17.7 Å². The van der Waals surface area contributed by atoms with Crippen LogP contribution in [-0.2, 0) is 16.0 Å². The Morgan fingerprint density at radius 1 is 1.11 bits per heavy atom. The number of carbonyl (C=O) groups is 3. The maximum atomic E-state index is 13.7. The molecular weight excluding hydrogens is 468 g/mol. The zero-order valence-corrected chi connectivity index (χ0v) is 20.6. The first-order chi connectivity index (χ1) is 17.2. The summed E-state index contributed by atoms with van der Waals surface area (Å²) in [6, 6.07) is 12.7. The highest BCUT2D eigenvalue weighted by Crippen LogP contribution is 2.46. The second kappa shape index (κ2) is 12.1. The quantitative estimate of drug-likeness (QED) is 0.323. The number of nitrogens with zero attached hydrogens (tertiary/aromatic N) is 1. The van der Waals surface area contributed by atoms with E-state index < -0.39 is 34.8 Å². The van der Waals surface area contributed by atoms with Crippen LogP contribution in [0.3, 0.4) is 0 Å². The van der Waals surface area contributed by atoms with Crippen LogP contribution in [-0.4, -0.2) is 47.5 Å².